The van der Waals surface area contributed by atoms with Crippen LogP contribution in [0.25, 0.3) is 0 Å². The molecule has 4 amide bonds. The van der Waals surface area contributed by atoms with E-state index in [4.69, 9.17) is 5.73 Å². The number of urea groups is 1. The van der Waals surface area contributed by atoms with E-state index < -0.39 is 6.03 Å². The molecule has 1 aliphatic carbocycles. The van der Waals surface area contributed by atoms with Gasteiger partial charge in [0.1, 0.15) is 0 Å². The summed E-state index contributed by atoms with van der Waals surface area (Å²) in [5.41, 5.74) is 4.90. The molecule has 7 nitrogen and oxygen atoms in total. The first-order valence-electron chi connectivity index (χ1n) is 8.16. The topological polar surface area (TPSA) is 95.7 Å². The Hall–Kier alpha value is -1.63. The fourth-order valence-corrected chi connectivity index (χ4v) is 3.26. The predicted octanol–water partition coefficient (Wildman–Crippen LogP) is 0.296. The Morgan fingerprint density at radius 2 is 1.64 bits per heavy atom. The summed E-state index contributed by atoms with van der Waals surface area (Å²) in [6.45, 7) is 3.61. The summed E-state index contributed by atoms with van der Waals surface area (Å²) in [7, 11) is 0. The standard InChI is InChI=1S/C15H26N4O3/c16-15(22)17-13(20)6-7-18-8-10-19(11-9-18)14(21)12-4-2-1-3-5-12/h12H,1-11H2,(H3,16,17,20,22). The Kier molecular flexibility index (Phi) is 6.18. The summed E-state index contributed by atoms with van der Waals surface area (Å²) >= 11 is 0. The normalized spacial score (nSPS) is 20.6. The van der Waals surface area contributed by atoms with Crippen molar-refractivity contribution in [3.8, 4) is 0 Å². The lowest BCUT2D eigenvalue weighted by Gasteiger charge is -2.37. The Morgan fingerprint density at radius 3 is 2.23 bits per heavy atom. The average Bonchev–Trinajstić information content (AvgIpc) is 2.53. The molecule has 22 heavy (non-hydrogen) atoms. The minimum absolute atomic E-state index is 0.224. The highest BCUT2D eigenvalue weighted by molar-refractivity contribution is 5.93. The third-order valence-corrected chi connectivity index (χ3v) is 4.56. The molecule has 124 valence electrons. The summed E-state index contributed by atoms with van der Waals surface area (Å²) in [6.07, 6.45) is 5.92. The number of rotatable bonds is 4. The van der Waals surface area contributed by atoms with Crippen molar-refractivity contribution in [3.05, 3.63) is 0 Å². The van der Waals surface area contributed by atoms with Crippen LogP contribution < -0.4 is 11.1 Å². The summed E-state index contributed by atoms with van der Waals surface area (Å²) < 4.78 is 0. The number of carbonyl (C=O) groups excluding carboxylic acids is 3. The zero-order valence-electron chi connectivity index (χ0n) is 13.1. The molecule has 0 aromatic carbocycles. The number of imide groups is 1. The fourth-order valence-electron chi connectivity index (χ4n) is 3.26. The van der Waals surface area contributed by atoms with Crippen LogP contribution in [0.5, 0.6) is 0 Å². The van der Waals surface area contributed by atoms with Gasteiger partial charge in [-0.05, 0) is 12.8 Å². The molecule has 0 unspecified atom stereocenters. The van der Waals surface area contributed by atoms with E-state index in [9.17, 15) is 14.4 Å². The van der Waals surface area contributed by atoms with Crippen molar-refractivity contribution in [1.29, 1.82) is 0 Å². The average molecular weight is 310 g/mol. The van der Waals surface area contributed by atoms with Crippen LogP contribution in [0.4, 0.5) is 4.79 Å². The maximum Gasteiger partial charge on any atom is 0.318 e. The maximum atomic E-state index is 12.4. The number of hydrogen-bond acceptors (Lipinski definition) is 4. The van der Waals surface area contributed by atoms with E-state index in [0.717, 1.165) is 39.0 Å². The number of nitrogens with two attached hydrogens (primary N) is 1. The molecule has 0 spiro atoms. The molecular weight excluding hydrogens is 284 g/mol. The molecule has 1 saturated heterocycles. The lowest BCUT2D eigenvalue weighted by atomic mass is 9.88. The highest BCUT2D eigenvalue weighted by Crippen LogP contribution is 2.25. The number of hydrogen-bond donors (Lipinski definition) is 2. The summed E-state index contributed by atoms with van der Waals surface area (Å²) in [5, 5.41) is 2.06. The van der Waals surface area contributed by atoms with Crippen LogP contribution in [0, 0.1) is 5.92 Å². The molecule has 3 N–H and O–H groups in total. The molecule has 1 heterocycles. The van der Waals surface area contributed by atoms with Crippen molar-refractivity contribution in [2.24, 2.45) is 11.7 Å². The van der Waals surface area contributed by atoms with E-state index in [1.54, 1.807) is 0 Å². The van der Waals surface area contributed by atoms with Crippen LogP contribution in [0.3, 0.4) is 0 Å². The van der Waals surface area contributed by atoms with Gasteiger partial charge in [0, 0.05) is 45.1 Å². The van der Waals surface area contributed by atoms with Crippen LogP contribution in [0.15, 0.2) is 0 Å². The first kappa shape index (κ1) is 16.7. The van der Waals surface area contributed by atoms with Crippen molar-refractivity contribution in [1.82, 2.24) is 15.1 Å². The third kappa shape index (κ3) is 4.98. The number of amides is 4. The van der Waals surface area contributed by atoms with Gasteiger partial charge in [-0.1, -0.05) is 19.3 Å². The van der Waals surface area contributed by atoms with E-state index in [2.05, 4.69) is 10.2 Å². The lowest BCUT2D eigenvalue weighted by molar-refractivity contribution is -0.138. The second kappa shape index (κ2) is 8.12. The molecule has 2 rings (SSSR count). The summed E-state index contributed by atoms with van der Waals surface area (Å²) in [6, 6.07) is -0.812. The van der Waals surface area contributed by atoms with Crippen LogP contribution >= 0.6 is 0 Å². The van der Waals surface area contributed by atoms with E-state index >= 15 is 0 Å². The maximum absolute atomic E-state index is 12.4. The molecular formula is C15H26N4O3. The van der Waals surface area contributed by atoms with Gasteiger partial charge in [-0.25, -0.2) is 4.79 Å². The van der Waals surface area contributed by atoms with Gasteiger partial charge in [-0.15, -0.1) is 0 Å². The highest BCUT2D eigenvalue weighted by atomic mass is 16.2. The Balaban J connectivity index is 1.67. The summed E-state index contributed by atoms with van der Waals surface area (Å²) in [4.78, 5) is 38.5. The van der Waals surface area contributed by atoms with Gasteiger partial charge in [0.15, 0.2) is 0 Å². The second-order valence-electron chi connectivity index (χ2n) is 6.16. The van der Waals surface area contributed by atoms with Crippen molar-refractivity contribution in [2.75, 3.05) is 32.7 Å². The number of nitrogens with zero attached hydrogens (tertiary/aromatic N) is 2. The molecule has 0 atom stereocenters. The Labute approximate surface area is 131 Å². The zero-order chi connectivity index (χ0) is 15.9. The second-order valence-corrected chi connectivity index (χ2v) is 6.16. The van der Waals surface area contributed by atoms with E-state index in [1.807, 2.05) is 4.90 Å². The number of primary amides is 1. The molecule has 0 bridgehead atoms. The monoisotopic (exact) mass is 310 g/mol. The van der Waals surface area contributed by atoms with Crippen molar-refractivity contribution in [3.63, 3.8) is 0 Å². The molecule has 0 radical (unpaired) electrons. The van der Waals surface area contributed by atoms with Gasteiger partial charge in [-0.2, -0.15) is 0 Å². The molecule has 1 saturated carbocycles. The molecule has 2 aliphatic rings. The van der Waals surface area contributed by atoms with Gasteiger partial charge >= 0.3 is 6.03 Å². The SMILES string of the molecule is NC(=O)NC(=O)CCN1CCN(C(=O)C2CCCCC2)CC1. The molecule has 0 aromatic heterocycles. The summed E-state index contributed by atoms with van der Waals surface area (Å²) in [5.74, 6) is 0.181. The molecule has 2 fully saturated rings. The minimum atomic E-state index is -0.812. The van der Waals surface area contributed by atoms with Crippen molar-refractivity contribution in [2.45, 2.75) is 38.5 Å². The number of piperazine rings is 1. The lowest BCUT2D eigenvalue weighted by Crippen LogP contribution is -2.51. The molecule has 7 heteroatoms. The quantitative estimate of drug-likeness (QED) is 0.780. The minimum Gasteiger partial charge on any atom is -0.351 e. The largest absolute Gasteiger partial charge is 0.351 e. The smallest absolute Gasteiger partial charge is 0.318 e. The number of carbonyl (C=O) groups is 3. The van der Waals surface area contributed by atoms with Crippen LogP contribution in [0.1, 0.15) is 38.5 Å². The van der Waals surface area contributed by atoms with Crippen LogP contribution in [-0.2, 0) is 9.59 Å². The van der Waals surface area contributed by atoms with E-state index in [0.29, 0.717) is 12.5 Å². The fraction of sp³-hybridized carbons (Fsp3) is 0.800. The molecule has 1 aliphatic heterocycles. The zero-order valence-corrected chi connectivity index (χ0v) is 13.1. The predicted molar refractivity (Wildman–Crippen MR) is 81.9 cm³/mol. The van der Waals surface area contributed by atoms with Crippen LogP contribution in [-0.4, -0.2) is 60.4 Å². The third-order valence-electron chi connectivity index (χ3n) is 4.56. The van der Waals surface area contributed by atoms with Gasteiger partial charge in [0.05, 0.1) is 0 Å². The van der Waals surface area contributed by atoms with Gasteiger partial charge in [0.2, 0.25) is 11.8 Å². The molecule has 0 aromatic rings. The van der Waals surface area contributed by atoms with Gasteiger partial charge in [0.25, 0.3) is 0 Å². The van der Waals surface area contributed by atoms with E-state index in [1.165, 1.54) is 19.3 Å². The Bertz CT molecular complexity index is 413. The van der Waals surface area contributed by atoms with E-state index in [-0.39, 0.29) is 18.2 Å². The van der Waals surface area contributed by atoms with Crippen LogP contribution in [0.2, 0.25) is 0 Å². The first-order chi connectivity index (χ1) is 10.6. The van der Waals surface area contributed by atoms with Gasteiger partial charge in [-0.3, -0.25) is 19.8 Å². The first-order valence-corrected chi connectivity index (χ1v) is 8.16. The number of nitrogens with one attached hydrogen (secondary N) is 1. The Morgan fingerprint density at radius 1 is 1.00 bits per heavy atom. The van der Waals surface area contributed by atoms with Crippen molar-refractivity contribution >= 4 is 17.8 Å². The highest BCUT2D eigenvalue weighted by Gasteiger charge is 2.28. The van der Waals surface area contributed by atoms with Crippen molar-refractivity contribution < 1.29 is 14.4 Å². The van der Waals surface area contributed by atoms with Gasteiger partial charge < -0.3 is 10.6 Å².